The number of ether oxygens (including phenoxy) is 1. The molecule has 1 fully saturated rings. The molecule has 0 radical (unpaired) electrons. The molecular formula is C18H17N5O6. The van der Waals surface area contributed by atoms with Crippen LogP contribution in [0, 0.1) is 20.2 Å². The first-order chi connectivity index (χ1) is 14.0. The summed E-state index contributed by atoms with van der Waals surface area (Å²) in [6, 6.07) is 9.64. The maximum absolute atomic E-state index is 12.2. The molecule has 1 saturated heterocycles. The second-order valence-electron chi connectivity index (χ2n) is 6.11. The van der Waals surface area contributed by atoms with Crippen molar-refractivity contribution < 1.29 is 19.4 Å². The number of anilines is 1. The molecular weight excluding hydrogens is 382 g/mol. The van der Waals surface area contributed by atoms with Crippen LogP contribution in [0.5, 0.6) is 0 Å². The summed E-state index contributed by atoms with van der Waals surface area (Å²) in [5, 5.41) is 25.8. The van der Waals surface area contributed by atoms with Gasteiger partial charge in [-0.2, -0.15) is 5.10 Å². The molecule has 2 aromatic rings. The first-order valence-corrected chi connectivity index (χ1v) is 8.64. The van der Waals surface area contributed by atoms with Crippen LogP contribution >= 0.6 is 0 Å². The van der Waals surface area contributed by atoms with Gasteiger partial charge in [-0.15, -0.1) is 0 Å². The van der Waals surface area contributed by atoms with Gasteiger partial charge < -0.3 is 9.64 Å². The van der Waals surface area contributed by atoms with E-state index in [4.69, 9.17) is 4.74 Å². The molecule has 1 amide bonds. The minimum atomic E-state index is -0.636. The predicted octanol–water partition coefficient (Wildman–Crippen LogP) is 2.10. The zero-order valence-corrected chi connectivity index (χ0v) is 15.2. The number of hydrogen-bond acceptors (Lipinski definition) is 8. The minimum absolute atomic E-state index is 0.0730. The van der Waals surface area contributed by atoms with Crippen molar-refractivity contribution >= 4 is 29.2 Å². The average molecular weight is 399 g/mol. The van der Waals surface area contributed by atoms with E-state index in [-0.39, 0.29) is 16.9 Å². The first kappa shape index (κ1) is 19.9. The van der Waals surface area contributed by atoms with Gasteiger partial charge in [-0.05, 0) is 12.1 Å². The molecule has 0 bridgehead atoms. The Labute approximate surface area is 164 Å². The number of carbonyl (C=O) groups excluding carboxylic acids is 1. The van der Waals surface area contributed by atoms with E-state index < -0.39 is 15.8 Å². The van der Waals surface area contributed by atoms with Crippen LogP contribution in [-0.4, -0.2) is 48.3 Å². The molecule has 0 atom stereocenters. The molecule has 0 saturated carbocycles. The molecule has 1 aliphatic rings. The van der Waals surface area contributed by atoms with Gasteiger partial charge in [0.2, 0.25) is 0 Å². The second kappa shape index (κ2) is 8.89. The van der Waals surface area contributed by atoms with Crippen molar-refractivity contribution in [2.45, 2.75) is 0 Å². The SMILES string of the molecule is O=C(NN=Cc1cc([N+](=O)[O-])ccc1N1CCOCC1)c1cccc([N+](=O)[O-])c1. The van der Waals surface area contributed by atoms with Crippen molar-refractivity contribution in [1.29, 1.82) is 0 Å². The van der Waals surface area contributed by atoms with Crippen LogP contribution in [-0.2, 0) is 4.74 Å². The van der Waals surface area contributed by atoms with Crippen molar-refractivity contribution in [3.8, 4) is 0 Å². The normalized spacial score (nSPS) is 14.0. The monoisotopic (exact) mass is 399 g/mol. The number of nitrogens with zero attached hydrogens (tertiary/aromatic N) is 4. The maximum atomic E-state index is 12.2. The molecule has 1 N–H and O–H groups in total. The number of carbonyl (C=O) groups is 1. The van der Waals surface area contributed by atoms with Crippen molar-refractivity contribution in [3.05, 3.63) is 73.8 Å². The largest absolute Gasteiger partial charge is 0.378 e. The lowest BCUT2D eigenvalue weighted by Crippen LogP contribution is -2.36. The fraction of sp³-hybridized carbons (Fsp3) is 0.222. The number of amides is 1. The first-order valence-electron chi connectivity index (χ1n) is 8.64. The Balaban J connectivity index is 1.80. The summed E-state index contributed by atoms with van der Waals surface area (Å²) in [5.74, 6) is -0.636. The molecule has 0 unspecified atom stereocenters. The fourth-order valence-electron chi connectivity index (χ4n) is 2.84. The number of benzene rings is 2. The van der Waals surface area contributed by atoms with Gasteiger partial charge in [0.15, 0.2) is 0 Å². The van der Waals surface area contributed by atoms with Crippen molar-refractivity contribution in [2.24, 2.45) is 5.10 Å². The molecule has 3 rings (SSSR count). The number of non-ortho nitro benzene ring substituents is 2. The van der Waals surface area contributed by atoms with E-state index in [1.54, 1.807) is 6.07 Å². The quantitative estimate of drug-likeness (QED) is 0.445. The Morgan fingerprint density at radius 3 is 2.45 bits per heavy atom. The van der Waals surface area contributed by atoms with E-state index in [2.05, 4.69) is 10.5 Å². The Kier molecular flexibility index (Phi) is 6.09. The lowest BCUT2D eigenvalue weighted by Gasteiger charge is -2.29. The Morgan fingerprint density at radius 1 is 1.07 bits per heavy atom. The van der Waals surface area contributed by atoms with Gasteiger partial charge in [0.25, 0.3) is 17.3 Å². The van der Waals surface area contributed by atoms with E-state index >= 15 is 0 Å². The van der Waals surface area contributed by atoms with E-state index in [9.17, 15) is 25.0 Å². The van der Waals surface area contributed by atoms with Gasteiger partial charge in [-0.25, -0.2) is 5.43 Å². The number of rotatable bonds is 6. The summed E-state index contributed by atoms with van der Waals surface area (Å²) in [6.45, 7) is 2.32. The van der Waals surface area contributed by atoms with Gasteiger partial charge in [0.1, 0.15) is 0 Å². The second-order valence-corrected chi connectivity index (χ2v) is 6.11. The lowest BCUT2D eigenvalue weighted by atomic mass is 10.1. The van der Waals surface area contributed by atoms with E-state index in [0.29, 0.717) is 31.9 Å². The van der Waals surface area contributed by atoms with Crippen LogP contribution in [0.1, 0.15) is 15.9 Å². The summed E-state index contributed by atoms with van der Waals surface area (Å²) in [6.07, 6.45) is 1.31. The smallest absolute Gasteiger partial charge is 0.271 e. The van der Waals surface area contributed by atoms with Gasteiger partial charge >= 0.3 is 0 Å². The highest BCUT2D eigenvalue weighted by Gasteiger charge is 2.17. The van der Waals surface area contributed by atoms with Gasteiger partial charge in [-0.1, -0.05) is 6.07 Å². The van der Waals surface area contributed by atoms with Gasteiger partial charge in [0, 0.05) is 54.2 Å². The van der Waals surface area contributed by atoms with Gasteiger partial charge in [-0.3, -0.25) is 25.0 Å². The molecule has 29 heavy (non-hydrogen) atoms. The molecule has 2 aromatic carbocycles. The minimum Gasteiger partial charge on any atom is -0.378 e. The number of morpholine rings is 1. The average Bonchev–Trinajstić information content (AvgIpc) is 2.74. The van der Waals surface area contributed by atoms with E-state index in [1.807, 2.05) is 4.90 Å². The molecule has 1 heterocycles. The number of nitro benzene ring substituents is 2. The van der Waals surface area contributed by atoms with Crippen LogP contribution < -0.4 is 10.3 Å². The zero-order chi connectivity index (χ0) is 20.8. The van der Waals surface area contributed by atoms with E-state index in [1.165, 1.54) is 36.5 Å². The molecule has 0 aromatic heterocycles. The van der Waals surface area contributed by atoms with Crippen LogP contribution in [0.3, 0.4) is 0 Å². The summed E-state index contributed by atoms with van der Waals surface area (Å²) >= 11 is 0. The summed E-state index contributed by atoms with van der Waals surface area (Å²) in [7, 11) is 0. The molecule has 11 nitrogen and oxygen atoms in total. The number of hydrazone groups is 1. The Morgan fingerprint density at radius 2 is 1.76 bits per heavy atom. The van der Waals surface area contributed by atoms with Gasteiger partial charge in [0.05, 0.1) is 29.3 Å². The standard InChI is InChI=1S/C18H17N5O6/c24-18(13-2-1-3-15(10-13)22(25)26)20-19-12-14-11-16(23(27)28)4-5-17(14)21-6-8-29-9-7-21/h1-5,10-12H,6-9H2,(H,20,24). The third-order valence-electron chi connectivity index (χ3n) is 4.26. The topological polar surface area (TPSA) is 140 Å². The third-order valence-corrected chi connectivity index (χ3v) is 4.26. The lowest BCUT2D eigenvalue weighted by molar-refractivity contribution is -0.385. The number of nitrogens with one attached hydrogen (secondary N) is 1. The molecule has 0 spiro atoms. The van der Waals surface area contributed by atoms with Crippen molar-refractivity contribution in [1.82, 2.24) is 5.43 Å². The predicted molar refractivity (Wildman–Crippen MR) is 104 cm³/mol. The van der Waals surface area contributed by atoms with Crippen LogP contribution in [0.25, 0.3) is 0 Å². The fourth-order valence-corrected chi connectivity index (χ4v) is 2.84. The summed E-state index contributed by atoms with van der Waals surface area (Å²) in [4.78, 5) is 35.0. The summed E-state index contributed by atoms with van der Waals surface area (Å²) in [5.41, 5.74) is 3.23. The van der Waals surface area contributed by atoms with Crippen LogP contribution in [0.2, 0.25) is 0 Å². The highest BCUT2D eigenvalue weighted by molar-refractivity contribution is 5.96. The Bertz CT molecular complexity index is 971. The molecule has 11 heteroatoms. The van der Waals surface area contributed by atoms with Crippen molar-refractivity contribution in [2.75, 3.05) is 31.2 Å². The van der Waals surface area contributed by atoms with Crippen LogP contribution in [0.4, 0.5) is 17.1 Å². The third kappa shape index (κ3) is 4.90. The highest BCUT2D eigenvalue weighted by Crippen LogP contribution is 2.25. The Hall–Kier alpha value is -3.86. The molecule has 150 valence electrons. The molecule has 0 aliphatic carbocycles. The maximum Gasteiger partial charge on any atom is 0.271 e. The summed E-state index contributed by atoms with van der Waals surface area (Å²) < 4.78 is 5.32. The van der Waals surface area contributed by atoms with Crippen molar-refractivity contribution in [3.63, 3.8) is 0 Å². The molecule has 1 aliphatic heterocycles. The van der Waals surface area contributed by atoms with E-state index in [0.717, 1.165) is 11.8 Å². The van der Waals surface area contributed by atoms with Crippen LogP contribution in [0.15, 0.2) is 47.6 Å². The zero-order valence-electron chi connectivity index (χ0n) is 15.2. The highest BCUT2D eigenvalue weighted by atomic mass is 16.6. The number of nitro groups is 2. The number of hydrogen-bond donors (Lipinski definition) is 1.